The van der Waals surface area contributed by atoms with E-state index in [1.54, 1.807) is 11.8 Å². The molecular weight excluding hydrogens is 336 g/mol. The normalized spacial score (nSPS) is 22.9. The third-order valence-electron chi connectivity index (χ3n) is 5.10. The molecule has 2 saturated heterocycles. The van der Waals surface area contributed by atoms with Crippen molar-refractivity contribution in [2.45, 2.75) is 44.7 Å². The van der Waals surface area contributed by atoms with Crippen molar-refractivity contribution >= 4 is 17.5 Å². The Balaban J connectivity index is 1.70. The first-order chi connectivity index (χ1) is 12.5. The topological polar surface area (TPSA) is 105 Å². The molecule has 2 amide bonds. The lowest BCUT2D eigenvalue weighted by Gasteiger charge is -2.28. The highest BCUT2D eigenvalue weighted by atomic mass is 16.6. The molecule has 26 heavy (non-hydrogen) atoms. The summed E-state index contributed by atoms with van der Waals surface area (Å²) in [4.78, 5) is 37.6. The van der Waals surface area contributed by atoms with Crippen molar-refractivity contribution in [1.29, 1.82) is 0 Å². The van der Waals surface area contributed by atoms with Crippen molar-refractivity contribution in [1.82, 2.24) is 15.5 Å². The summed E-state index contributed by atoms with van der Waals surface area (Å²) in [7, 11) is 0. The molecule has 2 aliphatic heterocycles. The fourth-order valence-electron chi connectivity index (χ4n) is 3.71. The number of benzene rings is 1. The molecule has 1 aromatic carbocycles. The molecule has 1 unspecified atom stereocenters. The number of aryl methyl sites for hydroxylation is 1. The van der Waals surface area contributed by atoms with Gasteiger partial charge in [-0.1, -0.05) is 0 Å². The van der Waals surface area contributed by atoms with Crippen LogP contribution in [0.4, 0.5) is 5.69 Å². The minimum atomic E-state index is -0.472. The van der Waals surface area contributed by atoms with Crippen LogP contribution in [0.25, 0.3) is 0 Å². The second kappa shape index (κ2) is 7.82. The number of carbonyl (C=O) groups excluding carboxylic acids is 2. The molecule has 0 aliphatic carbocycles. The number of amides is 2. The first-order valence-corrected chi connectivity index (χ1v) is 9.04. The largest absolute Gasteiger partial charge is 0.350 e. The Labute approximate surface area is 152 Å². The van der Waals surface area contributed by atoms with E-state index in [-0.39, 0.29) is 23.5 Å². The van der Waals surface area contributed by atoms with Crippen LogP contribution in [-0.2, 0) is 4.79 Å². The predicted molar refractivity (Wildman–Crippen MR) is 95.9 cm³/mol. The molecule has 140 valence electrons. The average molecular weight is 360 g/mol. The van der Waals surface area contributed by atoms with E-state index >= 15 is 0 Å². The first-order valence-electron chi connectivity index (χ1n) is 9.04. The van der Waals surface area contributed by atoms with Crippen molar-refractivity contribution in [3.05, 3.63) is 39.4 Å². The van der Waals surface area contributed by atoms with Crippen LogP contribution < -0.4 is 10.6 Å². The van der Waals surface area contributed by atoms with Gasteiger partial charge in [-0.2, -0.15) is 0 Å². The monoisotopic (exact) mass is 360 g/mol. The molecule has 8 heteroatoms. The Morgan fingerprint density at radius 2 is 2.12 bits per heavy atom. The number of carbonyl (C=O) groups is 2. The fraction of sp³-hybridized carbons (Fsp3) is 0.556. The zero-order valence-electron chi connectivity index (χ0n) is 14.9. The van der Waals surface area contributed by atoms with Crippen molar-refractivity contribution < 1.29 is 14.5 Å². The van der Waals surface area contributed by atoms with Crippen LogP contribution in [0.5, 0.6) is 0 Å². The third kappa shape index (κ3) is 3.85. The molecule has 2 aliphatic rings. The number of piperidine rings is 1. The molecule has 2 fully saturated rings. The highest BCUT2D eigenvalue weighted by Crippen LogP contribution is 2.24. The summed E-state index contributed by atoms with van der Waals surface area (Å²) >= 11 is 0. The van der Waals surface area contributed by atoms with Crippen molar-refractivity contribution in [3.8, 4) is 0 Å². The number of nitrogens with one attached hydrogen (secondary N) is 2. The number of likely N-dealkylation sites (tertiary alicyclic amines) is 1. The lowest BCUT2D eigenvalue weighted by Crippen LogP contribution is -2.52. The highest BCUT2D eigenvalue weighted by Gasteiger charge is 2.35. The van der Waals surface area contributed by atoms with Gasteiger partial charge in [0.1, 0.15) is 6.04 Å². The SMILES string of the molecule is Cc1cc(C(=O)N2CCCC2C(=O)N[C@H]2CCCNC2)ccc1[N+](=O)[O-]. The van der Waals surface area contributed by atoms with Gasteiger partial charge >= 0.3 is 0 Å². The van der Waals surface area contributed by atoms with Crippen LogP contribution in [0.1, 0.15) is 41.6 Å². The maximum atomic E-state index is 12.9. The van der Waals surface area contributed by atoms with Crippen LogP contribution in [0.2, 0.25) is 0 Å². The van der Waals surface area contributed by atoms with Crippen LogP contribution in [0.3, 0.4) is 0 Å². The summed E-state index contributed by atoms with van der Waals surface area (Å²) in [5.41, 5.74) is 0.809. The summed E-state index contributed by atoms with van der Waals surface area (Å²) < 4.78 is 0. The van der Waals surface area contributed by atoms with Gasteiger partial charge in [0.05, 0.1) is 4.92 Å². The molecule has 0 spiro atoms. The summed E-state index contributed by atoms with van der Waals surface area (Å²) in [5.74, 6) is -0.356. The Morgan fingerprint density at radius 1 is 1.31 bits per heavy atom. The first kappa shape index (κ1) is 18.3. The Kier molecular flexibility index (Phi) is 5.51. The van der Waals surface area contributed by atoms with E-state index in [4.69, 9.17) is 0 Å². The second-order valence-corrected chi connectivity index (χ2v) is 6.97. The van der Waals surface area contributed by atoms with E-state index in [0.29, 0.717) is 24.1 Å². The van der Waals surface area contributed by atoms with Gasteiger partial charge in [0.2, 0.25) is 5.91 Å². The molecule has 8 nitrogen and oxygen atoms in total. The third-order valence-corrected chi connectivity index (χ3v) is 5.10. The van der Waals surface area contributed by atoms with E-state index in [1.165, 1.54) is 18.2 Å². The molecule has 2 N–H and O–H groups in total. The van der Waals surface area contributed by atoms with E-state index < -0.39 is 11.0 Å². The predicted octanol–water partition coefficient (Wildman–Crippen LogP) is 1.38. The quantitative estimate of drug-likeness (QED) is 0.623. The van der Waals surface area contributed by atoms with Gasteiger partial charge in [-0.05, 0) is 51.3 Å². The van der Waals surface area contributed by atoms with Gasteiger partial charge in [-0.15, -0.1) is 0 Å². The molecule has 3 rings (SSSR count). The van der Waals surface area contributed by atoms with Crippen LogP contribution >= 0.6 is 0 Å². The van der Waals surface area contributed by atoms with Gasteiger partial charge in [-0.3, -0.25) is 19.7 Å². The Hall–Kier alpha value is -2.48. The van der Waals surface area contributed by atoms with E-state index in [2.05, 4.69) is 10.6 Å². The van der Waals surface area contributed by atoms with Gasteiger partial charge in [0.25, 0.3) is 11.6 Å². The molecule has 2 heterocycles. The number of rotatable bonds is 4. The minimum absolute atomic E-state index is 0.0120. The van der Waals surface area contributed by atoms with Crippen LogP contribution in [0, 0.1) is 17.0 Å². The average Bonchev–Trinajstić information content (AvgIpc) is 3.11. The van der Waals surface area contributed by atoms with E-state index in [9.17, 15) is 19.7 Å². The summed E-state index contributed by atoms with van der Waals surface area (Å²) in [6.07, 6.45) is 3.39. The second-order valence-electron chi connectivity index (χ2n) is 6.97. The maximum absolute atomic E-state index is 12.9. The lowest BCUT2D eigenvalue weighted by atomic mass is 10.1. The molecule has 1 aromatic rings. The summed E-state index contributed by atoms with van der Waals surface area (Å²) in [6, 6.07) is 3.97. The van der Waals surface area contributed by atoms with Crippen LogP contribution in [0.15, 0.2) is 18.2 Å². The van der Waals surface area contributed by atoms with Crippen molar-refractivity contribution in [2.24, 2.45) is 0 Å². The molecule has 2 atom stereocenters. The maximum Gasteiger partial charge on any atom is 0.272 e. The molecule has 0 bridgehead atoms. The molecular formula is C18H24N4O4. The van der Waals surface area contributed by atoms with Gasteiger partial charge < -0.3 is 15.5 Å². The minimum Gasteiger partial charge on any atom is -0.350 e. The number of nitro benzene ring substituents is 1. The number of hydrogen-bond donors (Lipinski definition) is 2. The van der Waals surface area contributed by atoms with E-state index in [0.717, 1.165) is 32.4 Å². The van der Waals surface area contributed by atoms with Crippen LogP contribution in [-0.4, -0.2) is 53.4 Å². The van der Waals surface area contributed by atoms with Gasteiger partial charge in [0, 0.05) is 36.3 Å². The molecule has 0 aromatic heterocycles. The zero-order chi connectivity index (χ0) is 18.7. The van der Waals surface area contributed by atoms with Gasteiger partial charge in [-0.25, -0.2) is 0 Å². The molecule has 0 saturated carbocycles. The van der Waals surface area contributed by atoms with Gasteiger partial charge in [0.15, 0.2) is 0 Å². The number of nitrogens with zero attached hydrogens (tertiary/aromatic N) is 2. The number of nitro groups is 1. The molecule has 0 radical (unpaired) electrons. The summed E-state index contributed by atoms with van der Waals surface area (Å²) in [5, 5.41) is 17.3. The smallest absolute Gasteiger partial charge is 0.272 e. The van der Waals surface area contributed by atoms with Crippen molar-refractivity contribution in [2.75, 3.05) is 19.6 Å². The highest BCUT2D eigenvalue weighted by molar-refractivity contribution is 5.98. The number of hydrogen-bond acceptors (Lipinski definition) is 5. The van der Waals surface area contributed by atoms with Crippen molar-refractivity contribution in [3.63, 3.8) is 0 Å². The Bertz CT molecular complexity index is 715. The lowest BCUT2D eigenvalue weighted by molar-refractivity contribution is -0.385. The fourth-order valence-corrected chi connectivity index (χ4v) is 3.71. The zero-order valence-corrected chi connectivity index (χ0v) is 14.9. The Morgan fingerprint density at radius 3 is 2.77 bits per heavy atom. The summed E-state index contributed by atoms with van der Waals surface area (Å²) in [6.45, 7) is 3.86. The standard InChI is InChI=1S/C18H24N4O4/c1-12-10-13(6-7-15(12)22(25)26)18(24)21-9-3-5-16(21)17(23)20-14-4-2-8-19-11-14/h6-7,10,14,16,19H,2-5,8-9,11H2,1H3,(H,20,23)/t14-,16?/m0/s1. The van der Waals surface area contributed by atoms with E-state index in [1.807, 2.05) is 0 Å².